The molecular weight excluding hydrogens is 328 g/mol. The maximum absolute atomic E-state index is 12.4. The lowest BCUT2D eigenvalue weighted by Crippen LogP contribution is -2.43. The molecule has 1 aromatic heterocycles. The molecule has 2 amide bonds. The van der Waals surface area contributed by atoms with Crippen molar-refractivity contribution < 1.29 is 19.5 Å². The number of aliphatic carboxylic acids is 1. The third-order valence-corrected chi connectivity index (χ3v) is 5.78. The number of nitrogens with zero attached hydrogens (tertiary/aromatic N) is 1. The molecule has 1 saturated heterocycles. The van der Waals surface area contributed by atoms with E-state index in [0.29, 0.717) is 31.0 Å². The lowest BCUT2D eigenvalue weighted by molar-refractivity contribution is -0.149. The second-order valence-electron chi connectivity index (χ2n) is 6.56. The van der Waals surface area contributed by atoms with Gasteiger partial charge in [0.1, 0.15) is 6.04 Å². The quantitative estimate of drug-likeness (QED) is 0.768. The van der Waals surface area contributed by atoms with Crippen LogP contribution in [0, 0.1) is 11.8 Å². The minimum atomic E-state index is -0.886. The van der Waals surface area contributed by atoms with E-state index >= 15 is 0 Å². The van der Waals surface area contributed by atoms with Crippen molar-refractivity contribution in [3.8, 4) is 0 Å². The van der Waals surface area contributed by atoms with Gasteiger partial charge in [-0.25, -0.2) is 4.79 Å². The van der Waals surface area contributed by atoms with E-state index in [-0.39, 0.29) is 24.2 Å². The molecule has 130 valence electrons. The number of fused-ring (bicyclic) bond motifs is 1. The highest BCUT2D eigenvalue weighted by Crippen LogP contribution is 2.42. The zero-order valence-corrected chi connectivity index (χ0v) is 14.3. The summed E-state index contributed by atoms with van der Waals surface area (Å²) in [4.78, 5) is 37.3. The average Bonchev–Trinajstić information content (AvgIpc) is 3.25. The van der Waals surface area contributed by atoms with Crippen LogP contribution < -0.4 is 5.32 Å². The van der Waals surface area contributed by atoms with Crippen LogP contribution in [0.5, 0.6) is 0 Å². The van der Waals surface area contributed by atoms with E-state index in [2.05, 4.69) is 5.32 Å². The Bertz CT molecular complexity index is 616. The summed E-state index contributed by atoms with van der Waals surface area (Å²) in [5.74, 6) is -0.675. The predicted octanol–water partition coefficient (Wildman–Crippen LogP) is 1.97. The van der Waals surface area contributed by atoms with Gasteiger partial charge in [-0.2, -0.15) is 11.3 Å². The van der Waals surface area contributed by atoms with Gasteiger partial charge in [0.15, 0.2) is 0 Å². The van der Waals surface area contributed by atoms with Crippen LogP contribution in [0.25, 0.3) is 0 Å². The van der Waals surface area contributed by atoms with E-state index < -0.39 is 12.0 Å². The van der Waals surface area contributed by atoms with E-state index in [4.69, 9.17) is 0 Å². The molecule has 6 nitrogen and oxygen atoms in total. The number of carboxylic acids is 1. The monoisotopic (exact) mass is 350 g/mol. The van der Waals surface area contributed by atoms with Crippen molar-refractivity contribution in [3.05, 3.63) is 22.4 Å². The van der Waals surface area contributed by atoms with Gasteiger partial charge in [0.2, 0.25) is 5.91 Å². The topological polar surface area (TPSA) is 86.7 Å². The van der Waals surface area contributed by atoms with Crippen molar-refractivity contribution in [2.45, 2.75) is 38.1 Å². The molecule has 0 spiro atoms. The zero-order chi connectivity index (χ0) is 17.1. The van der Waals surface area contributed by atoms with Gasteiger partial charge in [0.25, 0.3) is 5.91 Å². The van der Waals surface area contributed by atoms with E-state index in [1.807, 2.05) is 5.38 Å². The molecule has 0 radical (unpaired) electrons. The first-order chi connectivity index (χ1) is 11.6. The summed E-state index contributed by atoms with van der Waals surface area (Å²) < 4.78 is 0. The minimum Gasteiger partial charge on any atom is -0.480 e. The molecule has 1 aliphatic carbocycles. The number of carbonyl (C=O) groups is 3. The van der Waals surface area contributed by atoms with Crippen molar-refractivity contribution >= 4 is 29.1 Å². The Morgan fingerprint density at radius 3 is 2.88 bits per heavy atom. The normalized spacial score (nSPS) is 25.5. The van der Waals surface area contributed by atoms with Gasteiger partial charge < -0.3 is 15.3 Å². The smallest absolute Gasteiger partial charge is 0.326 e. The molecule has 2 fully saturated rings. The van der Waals surface area contributed by atoms with E-state index in [1.165, 1.54) is 11.3 Å². The van der Waals surface area contributed by atoms with Crippen LogP contribution in [-0.2, 0) is 9.59 Å². The van der Waals surface area contributed by atoms with Crippen molar-refractivity contribution in [3.63, 3.8) is 0 Å². The lowest BCUT2D eigenvalue weighted by Gasteiger charge is -2.24. The molecule has 1 aliphatic heterocycles. The molecule has 2 heterocycles. The number of nitrogens with one attached hydrogen (secondary N) is 1. The van der Waals surface area contributed by atoms with Gasteiger partial charge in [0.05, 0.1) is 0 Å². The van der Waals surface area contributed by atoms with Gasteiger partial charge in [-0.1, -0.05) is 6.42 Å². The highest BCUT2D eigenvalue weighted by molar-refractivity contribution is 7.08. The van der Waals surface area contributed by atoms with Gasteiger partial charge in [-0.15, -0.1) is 0 Å². The van der Waals surface area contributed by atoms with Crippen LogP contribution in [-0.4, -0.2) is 46.9 Å². The Morgan fingerprint density at radius 1 is 1.33 bits per heavy atom. The van der Waals surface area contributed by atoms with Crippen molar-refractivity contribution in [1.29, 1.82) is 0 Å². The van der Waals surface area contributed by atoms with Crippen molar-refractivity contribution in [1.82, 2.24) is 10.2 Å². The van der Waals surface area contributed by atoms with E-state index in [9.17, 15) is 19.5 Å². The molecule has 3 rings (SSSR count). The maximum Gasteiger partial charge on any atom is 0.326 e. The number of rotatable bonds is 6. The van der Waals surface area contributed by atoms with Crippen molar-refractivity contribution in [2.75, 3.05) is 13.1 Å². The summed E-state index contributed by atoms with van der Waals surface area (Å²) in [6, 6.07) is 1.09. The number of likely N-dealkylation sites (tertiary alicyclic amines) is 1. The summed E-state index contributed by atoms with van der Waals surface area (Å²) in [5, 5.41) is 15.9. The van der Waals surface area contributed by atoms with Crippen LogP contribution in [0.4, 0.5) is 0 Å². The second kappa shape index (κ2) is 7.34. The Kier molecular flexibility index (Phi) is 5.18. The number of carboxylic acid groups (broad SMARTS) is 1. The molecule has 2 aliphatic rings. The third-order valence-electron chi connectivity index (χ3n) is 5.10. The first kappa shape index (κ1) is 17.0. The SMILES string of the molecule is O=C(NCCCC(=O)N1CC2CCCC2C1C(=O)O)c1ccsc1. The highest BCUT2D eigenvalue weighted by atomic mass is 32.1. The van der Waals surface area contributed by atoms with Gasteiger partial charge in [-0.05, 0) is 42.5 Å². The summed E-state index contributed by atoms with van der Waals surface area (Å²) >= 11 is 1.46. The fourth-order valence-corrected chi connectivity index (χ4v) is 4.60. The fourth-order valence-electron chi connectivity index (χ4n) is 3.96. The van der Waals surface area contributed by atoms with E-state index in [1.54, 1.807) is 16.3 Å². The van der Waals surface area contributed by atoms with Crippen LogP contribution in [0.3, 0.4) is 0 Å². The van der Waals surface area contributed by atoms with Crippen LogP contribution in [0.1, 0.15) is 42.5 Å². The molecule has 2 N–H and O–H groups in total. The standard InChI is InChI=1S/C17H22N2O4S/c20-14(5-2-7-18-16(21)12-6-8-24-10-12)19-9-11-3-1-4-13(11)15(19)17(22)23/h6,8,10-11,13,15H,1-5,7,9H2,(H,18,21)(H,22,23). The molecule has 0 aromatic carbocycles. The number of hydrogen-bond donors (Lipinski definition) is 2. The summed E-state index contributed by atoms with van der Waals surface area (Å²) in [5.41, 5.74) is 0.629. The van der Waals surface area contributed by atoms with Gasteiger partial charge in [-0.3, -0.25) is 9.59 Å². The molecule has 3 unspecified atom stereocenters. The molecule has 3 atom stereocenters. The molecule has 1 saturated carbocycles. The third kappa shape index (κ3) is 3.45. The first-order valence-electron chi connectivity index (χ1n) is 8.40. The van der Waals surface area contributed by atoms with Gasteiger partial charge in [0, 0.05) is 30.5 Å². The predicted molar refractivity (Wildman–Crippen MR) is 89.9 cm³/mol. The van der Waals surface area contributed by atoms with Crippen LogP contribution in [0.2, 0.25) is 0 Å². The minimum absolute atomic E-state index is 0.110. The molecule has 0 bridgehead atoms. The largest absolute Gasteiger partial charge is 0.480 e. The zero-order valence-electron chi connectivity index (χ0n) is 13.4. The first-order valence-corrected chi connectivity index (χ1v) is 9.35. The highest BCUT2D eigenvalue weighted by Gasteiger charge is 2.49. The Morgan fingerprint density at radius 2 is 2.17 bits per heavy atom. The summed E-state index contributed by atoms with van der Waals surface area (Å²) in [7, 11) is 0. The fraction of sp³-hybridized carbons (Fsp3) is 0.588. The maximum atomic E-state index is 12.4. The van der Waals surface area contributed by atoms with Crippen LogP contribution in [0.15, 0.2) is 16.8 Å². The Labute approximate surface area is 144 Å². The molecular formula is C17H22N2O4S. The van der Waals surface area contributed by atoms with Crippen LogP contribution >= 0.6 is 11.3 Å². The lowest BCUT2D eigenvalue weighted by atomic mass is 9.94. The Hall–Kier alpha value is -1.89. The van der Waals surface area contributed by atoms with Crippen molar-refractivity contribution in [2.24, 2.45) is 11.8 Å². The number of hydrogen-bond acceptors (Lipinski definition) is 4. The number of amides is 2. The summed E-state index contributed by atoms with van der Waals surface area (Å²) in [6.07, 6.45) is 3.78. The Balaban J connectivity index is 1.46. The molecule has 1 aromatic rings. The van der Waals surface area contributed by atoms with E-state index in [0.717, 1.165) is 19.3 Å². The number of carbonyl (C=O) groups excluding carboxylic acids is 2. The average molecular weight is 350 g/mol. The molecule has 7 heteroatoms. The summed E-state index contributed by atoms with van der Waals surface area (Å²) in [6.45, 7) is 0.987. The number of thiophene rings is 1. The molecule has 24 heavy (non-hydrogen) atoms. The second-order valence-corrected chi connectivity index (χ2v) is 7.34. The van der Waals surface area contributed by atoms with Gasteiger partial charge >= 0.3 is 5.97 Å².